The van der Waals surface area contributed by atoms with E-state index in [1.807, 2.05) is 12.1 Å². The Bertz CT molecular complexity index is 320. The van der Waals surface area contributed by atoms with Crippen molar-refractivity contribution in [2.75, 3.05) is 13.0 Å². The summed E-state index contributed by atoms with van der Waals surface area (Å²) in [7, 11) is 1.69. The van der Waals surface area contributed by atoms with E-state index in [0.29, 0.717) is 11.3 Å². The zero-order valence-corrected chi connectivity index (χ0v) is 9.34. The van der Waals surface area contributed by atoms with Gasteiger partial charge in [-0.15, -0.1) is 11.6 Å². The van der Waals surface area contributed by atoms with Gasteiger partial charge in [0.25, 0.3) is 0 Å². The van der Waals surface area contributed by atoms with Crippen molar-refractivity contribution in [3.05, 3.63) is 29.8 Å². The Kier molecular flexibility index (Phi) is 2.44. The first-order valence-corrected chi connectivity index (χ1v) is 5.44. The Labute approximate surface area is 90.0 Å². The third kappa shape index (κ3) is 1.50. The highest BCUT2D eigenvalue weighted by Gasteiger charge is 2.50. The molecule has 2 heteroatoms. The smallest absolute Gasteiger partial charge is 0.118 e. The summed E-state index contributed by atoms with van der Waals surface area (Å²) in [6.07, 6.45) is 1.21. The van der Waals surface area contributed by atoms with E-state index in [-0.39, 0.29) is 0 Å². The lowest BCUT2D eigenvalue weighted by molar-refractivity contribution is 0.414. The lowest BCUT2D eigenvalue weighted by atomic mass is 9.96. The Hall–Kier alpha value is -0.690. The molecule has 2 rings (SSSR count). The standard InChI is InChI=1S/C12H15ClO/c1-12(7-10(12)8-13)9-3-5-11(14-2)6-4-9/h3-6,10H,7-8H2,1-2H3. The molecule has 1 saturated carbocycles. The van der Waals surface area contributed by atoms with E-state index < -0.39 is 0 Å². The molecule has 14 heavy (non-hydrogen) atoms. The van der Waals surface area contributed by atoms with E-state index in [1.54, 1.807) is 7.11 Å². The zero-order chi connectivity index (χ0) is 10.2. The molecule has 1 aliphatic rings. The molecule has 0 aliphatic heterocycles. The van der Waals surface area contributed by atoms with Crippen molar-refractivity contribution in [2.24, 2.45) is 5.92 Å². The number of halogens is 1. The maximum absolute atomic E-state index is 5.87. The summed E-state index contributed by atoms with van der Waals surface area (Å²) in [5, 5.41) is 0. The van der Waals surface area contributed by atoms with Crippen molar-refractivity contribution >= 4 is 11.6 Å². The van der Waals surface area contributed by atoms with Gasteiger partial charge in [-0.1, -0.05) is 19.1 Å². The molecule has 1 fully saturated rings. The molecule has 0 radical (unpaired) electrons. The highest BCUT2D eigenvalue weighted by atomic mass is 35.5. The second-order valence-electron chi connectivity index (χ2n) is 4.20. The van der Waals surface area contributed by atoms with Crippen molar-refractivity contribution in [3.8, 4) is 5.75 Å². The summed E-state index contributed by atoms with van der Waals surface area (Å²) < 4.78 is 5.13. The molecule has 2 atom stereocenters. The van der Waals surface area contributed by atoms with E-state index in [0.717, 1.165) is 11.6 Å². The first kappa shape index (κ1) is 9.85. The largest absolute Gasteiger partial charge is 0.497 e. The number of hydrogen-bond donors (Lipinski definition) is 0. The molecule has 0 spiro atoms. The van der Waals surface area contributed by atoms with Gasteiger partial charge in [-0.2, -0.15) is 0 Å². The Morgan fingerprint density at radius 3 is 2.50 bits per heavy atom. The number of hydrogen-bond acceptors (Lipinski definition) is 1. The highest BCUT2D eigenvalue weighted by Crippen LogP contribution is 2.54. The number of alkyl halides is 1. The van der Waals surface area contributed by atoms with Crippen LogP contribution in [0, 0.1) is 5.92 Å². The van der Waals surface area contributed by atoms with E-state index >= 15 is 0 Å². The minimum Gasteiger partial charge on any atom is -0.497 e. The fourth-order valence-electron chi connectivity index (χ4n) is 2.00. The van der Waals surface area contributed by atoms with Crippen LogP contribution in [0.3, 0.4) is 0 Å². The first-order chi connectivity index (χ1) is 6.70. The molecule has 1 aliphatic carbocycles. The molecule has 1 nitrogen and oxygen atoms in total. The number of benzene rings is 1. The molecular weight excluding hydrogens is 196 g/mol. The van der Waals surface area contributed by atoms with Crippen molar-refractivity contribution < 1.29 is 4.74 Å². The molecule has 0 bridgehead atoms. The average molecular weight is 211 g/mol. The van der Waals surface area contributed by atoms with Crippen molar-refractivity contribution in [1.29, 1.82) is 0 Å². The predicted molar refractivity (Wildman–Crippen MR) is 59.2 cm³/mol. The fraction of sp³-hybridized carbons (Fsp3) is 0.500. The van der Waals surface area contributed by atoms with E-state index in [2.05, 4.69) is 19.1 Å². The normalized spacial score (nSPS) is 30.1. The van der Waals surface area contributed by atoms with Gasteiger partial charge in [-0.3, -0.25) is 0 Å². The van der Waals surface area contributed by atoms with Crippen LogP contribution in [0.4, 0.5) is 0 Å². The van der Waals surface area contributed by atoms with Crippen LogP contribution in [0.2, 0.25) is 0 Å². The molecule has 0 amide bonds. The van der Waals surface area contributed by atoms with Gasteiger partial charge in [0.2, 0.25) is 0 Å². The van der Waals surface area contributed by atoms with Crippen LogP contribution in [0.15, 0.2) is 24.3 Å². The lowest BCUT2D eigenvalue weighted by Crippen LogP contribution is -2.04. The second-order valence-corrected chi connectivity index (χ2v) is 4.51. The summed E-state index contributed by atoms with van der Waals surface area (Å²) in [4.78, 5) is 0. The summed E-state index contributed by atoms with van der Waals surface area (Å²) in [6.45, 7) is 2.28. The maximum atomic E-state index is 5.87. The Morgan fingerprint density at radius 2 is 2.07 bits per heavy atom. The summed E-state index contributed by atoms with van der Waals surface area (Å²) in [6, 6.07) is 8.32. The summed E-state index contributed by atoms with van der Waals surface area (Å²) >= 11 is 5.87. The van der Waals surface area contributed by atoms with Crippen LogP contribution in [0.1, 0.15) is 18.9 Å². The average Bonchev–Trinajstić information content (AvgIpc) is 2.91. The quantitative estimate of drug-likeness (QED) is 0.697. The minimum absolute atomic E-state index is 0.314. The molecule has 76 valence electrons. The molecule has 1 aromatic carbocycles. The van der Waals surface area contributed by atoms with Crippen LogP contribution in [0.5, 0.6) is 5.75 Å². The second kappa shape index (κ2) is 3.47. The van der Waals surface area contributed by atoms with Gasteiger partial charge in [-0.25, -0.2) is 0 Å². The van der Waals surface area contributed by atoms with Crippen LogP contribution in [-0.2, 0) is 5.41 Å². The van der Waals surface area contributed by atoms with Crippen LogP contribution < -0.4 is 4.74 Å². The topological polar surface area (TPSA) is 9.23 Å². The third-order valence-corrected chi connectivity index (χ3v) is 3.72. The molecule has 1 aromatic rings. The van der Waals surface area contributed by atoms with Crippen molar-refractivity contribution in [1.82, 2.24) is 0 Å². The molecule has 0 aromatic heterocycles. The SMILES string of the molecule is COc1ccc(C2(C)CC2CCl)cc1. The molecule has 0 saturated heterocycles. The zero-order valence-electron chi connectivity index (χ0n) is 8.59. The highest BCUT2D eigenvalue weighted by molar-refractivity contribution is 6.18. The number of methoxy groups -OCH3 is 1. The van der Waals surface area contributed by atoms with Crippen LogP contribution >= 0.6 is 11.6 Å². The minimum atomic E-state index is 0.314. The summed E-state index contributed by atoms with van der Waals surface area (Å²) in [5.74, 6) is 2.33. The van der Waals surface area contributed by atoms with E-state index in [9.17, 15) is 0 Å². The maximum Gasteiger partial charge on any atom is 0.118 e. The molecular formula is C12H15ClO. The van der Waals surface area contributed by atoms with Crippen molar-refractivity contribution in [3.63, 3.8) is 0 Å². The Balaban J connectivity index is 2.18. The van der Waals surface area contributed by atoms with E-state index in [1.165, 1.54) is 12.0 Å². The molecule has 0 N–H and O–H groups in total. The molecule has 2 unspecified atom stereocenters. The van der Waals surface area contributed by atoms with Gasteiger partial charge in [0.1, 0.15) is 5.75 Å². The monoisotopic (exact) mass is 210 g/mol. The van der Waals surface area contributed by atoms with Gasteiger partial charge in [-0.05, 0) is 35.4 Å². The van der Waals surface area contributed by atoms with Gasteiger partial charge in [0.05, 0.1) is 7.11 Å². The van der Waals surface area contributed by atoms with Crippen LogP contribution in [0.25, 0.3) is 0 Å². The van der Waals surface area contributed by atoms with Crippen molar-refractivity contribution in [2.45, 2.75) is 18.8 Å². The van der Waals surface area contributed by atoms with Crippen LogP contribution in [-0.4, -0.2) is 13.0 Å². The third-order valence-electron chi connectivity index (χ3n) is 3.35. The predicted octanol–water partition coefficient (Wildman–Crippen LogP) is 3.21. The summed E-state index contributed by atoms with van der Waals surface area (Å²) in [5.41, 5.74) is 1.69. The van der Waals surface area contributed by atoms with Gasteiger partial charge < -0.3 is 4.74 Å². The van der Waals surface area contributed by atoms with Gasteiger partial charge in [0, 0.05) is 5.88 Å². The Morgan fingerprint density at radius 1 is 1.43 bits per heavy atom. The lowest BCUT2D eigenvalue weighted by Gasteiger charge is -2.11. The number of ether oxygens (including phenoxy) is 1. The fourth-order valence-corrected chi connectivity index (χ4v) is 2.45. The van der Waals surface area contributed by atoms with Gasteiger partial charge >= 0.3 is 0 Å². The first-order valence-electron chi connectivity index (χ1n) is 4.91. The molecule has 0 heterocycles. The van der Waals surface area contributed by atoms with Gasteiger partial charge in [0.15, 0.2) is 0 Å². The van der Waals surface area contributed by atoms with E-state index in [4.69, 9.17) is 16.3 Å². The number of rotatable bonds is 3.